The Morgan fingerprint density at radius 1 is 0.298 bits per heavy atom. The van der Waals surface area contributed by atoms with Crippen molar-refractivity contribution in [2.45, 2.75) is 323 Å². The molecule has 1 atom stereocenters. The fraction of sp³-hybridized carbons (Fsp3) is 0.963. The Bertz CT molecular complexity index is 790. The average molecular weight is 803 g/mol. The summed E-state index contributed by atoms with van der Waals surface area (Å²) in [6.45, 7) is 9.30. The van der Waals surface area contributed by atoms with Crippen molar-refractivity contribution in [1.82, 2.24) is 0 Å². The van der Waals surface area contributed by atoms with Gasteiger partial charge in [-0.1, -0.05) is 297 Å². The smallest absolute Gasteiger partial charge is 0.313 e. The first-order valence-electron chi connectivity index (χ1n) is 26.7. The SMILES string of the molecule is CCCCCCCCCCCCCCCCCC(=O)OC(=O)CCCCCCCCCCC(CCCCCC)CCCCCCCCCCCCCCCC(C)C. The van der Waals surface area contributed by atoms with E-state index >= 15 is 0 Å². The van der Waals surface area contributed by atoms with Crippen molar-refractivity contribution in [3.05, 3.63) is 0 Å². The second-order valence-electron chi connectivity index (χ2n) is 19.2. The summed E-state index contributed by atoms with van der Waals surface area (Å²) in [6, 6.07) is 0. The molecule has 57 heavy (non-hydrogen) atoms. The molecule has 0 N–H and O–H groups in total. The van der Waals surface area contributed by atoms with Crippen molar-refractivity contribution in [2.75, 3.05) is 0 Å². The van der Waals surface area contributed by atoms with E-state index in [-0.39, 0.29) is 11.9 Å². The highest BCUT2D eigenvalue weighted by Crippen LogP contribution is 2.25. The summed E-state index contributed by atoms with van der Waals surface area (Å²) in [7, 11) is 0. The van der Waals surface area contributed by atoms with E-state index < -0.39 is 0 Å². The minimum Gasteiger partial charge on any atom is -0.393 e. The van der Waals surface area contributed by atoms with Gasteiger partial charge in [0.05, 0.1) is 0 Å². The lowest BCUT2D eigenvalue weighted by Crippen LogP contribution is -2.11. The monoisotopic (exact) mass is 803 g/mol. The molecule has 0 aromatic rings. The van der Waals surface area contributed by atoms with E-state index in [1.54, 1.807) is 0 Å². The first-order valence-corrected chi connectivity index (χ1v) is 26.7. The zero-order valence-electron chi connectivity index (χ0n) is 39.9. The van der Waals surface area contributed by atoms with Crippen molar-refractivity contribution in [3.63, 3.8) is 0 Å². The van der Waals surface area contributed by atoms with Gasteiger partial charge in [0.25, 0.3) is 0 Å². The third kappa shape index (κ3) is 47.7. The maximum Gasteiger partial charge on any atom is 0.313 e. The molecule has 3 nitrogen and oxygen atoms in total. The van der Waals surface area contributed by atoms with Crippen LogP contribution in [0.3, 0.4) is 0 Å². The predicted molar refractivity (Wildman–Crippen MR) is 253 cm³/mol. The standard InChI is InChI=1S/C54H106O3/c1-5-7-9-11-12-13-14-15-16-20-23-26-32-37-43-49-53(55)57-54(56)50-44-38-33-28-27-31-36-42-48-52(46-40-10-8-6-2)47-41-35-30-25-22-19-17-18-21-24-29-34-39-45-51(3)4/h51-52H,5-50H2,1-4H3. The molecule has 1 unspecified atom stereocenters. The topological polar surface area (TPSA) is 43.4 Å². The van der Waals surface area contributed by atoms with Crippen molar-refractivity contribution in [2.24, 2.45) is 11.8 Å². The second kappa shape index (κ2) is 47.8. The van der Waals surface area contributed by atoms with E-state index in [1.807, 2.05) is 0 Å². The molecule has 0 aliphatic heterocycles. The lowest BCUT2D eigenvalue weighted by molar-refractivity contribution is -0.159. The summed E-state index contributed by atoms with van der Waals surface area (Å²) in [5, 5.41) is 0. The number of hydrogen-bond donors (Lipinski definition) is 0. The van der Waals surface area contributed by atoms with Crippen molar-refractivity contribution < 1.29 is 14.3 Å². The van der Waals surface area contributed by atoms with E-state index in [0.29, 0.717) is 12.8 Å². The fourth-order valence-corrected chi connectivity index (χ4v) is 8.86. The van der Waals surface area contributed by atoms with Crippen molar-refractivity contribution in [3.8, 4) is 0 Å². The molecule has 0 aromatic carbocycles. The Labute approximate surface area is 360 Å². The number of carbonyl (C=O) groups is 2. The van der Waals surface area contributed by atoms with Crippen LogP contribution >= 0.6 is 0 Å². The predicted octanol–water partition coefficient (Wildman–Crippen LogP) is 19.3. The third-order valence-corrected chi connectivity index (χ3v) is 12.8. The molecule has 0 fully saturated rings. The minimum absolute atomic E-state index is 0.315. The van der Waals surface area contributed by atoms with Gasteiger partial charge < -0.3 is 4.74 Å². The van der Waals surface area contributed by atoms with Crippen LogP contribution in [0.1, 0.15) is 323 Å². The molecule has 0 aliphatic carbocycles. The molecule has 0 bridgehead atoms. The first kappa shape index (κ1) is 56.1. The summed E-state index contributed by atoms with van der Waals surface area (Å²) in [6.07, 6.45) is 60.7. The van der Waals surface area contributed by atoms with E-state index in [2.05, 4.69) is 27.7 Å². The molecule has 3 heteroatoms. The normalized spacial score (nSPS) is 12.2. The fourth-order valence-electron chi connectivity index (χ4n) is 8.86. The Morgan fingerprint density at radius 3 is 0.772 bits per heavy atom. The lowest BCUT2D eigenvalue weighted by Gasteiger charge is -2.17. The number of hydrogen-bond acceptors (Lipinski definition) is 3. The van der Waals surface area contributed by atoms with E-state index in [1.165, 1.54) is 257 Å². The first-order chi connectivity index (χ1) is 28.0. The maximum atomic E-state index is 12.1. The van der Waals surface area contributed by atoms with Gasteiger partial charge in [0, 0.05) is 12.8 Å². The number of ether oxygens (including phenoxy) is 1. The molecule has 0 spiro atoms. The summed E-state index contributed by atoms with van der Waals surface area (Å²) < 4.78 is 5.10. The third-order valence-electron chi connectivity index (χ3n) is 12.8. The molecule has 0 saturated carbocycles. The largest absolute Gasteiger partial charge is 0.393 e. The van der Waals surface area contributed by atoms with Crippen molar-refractivity contribution >= 4 is 11.9 Å². The van der Waals surface area contributed by atoms with E-state index in [0.717, 1.165) is 37.5 Å². The molecular weight excluding hydrogens is 697 g/mol. The van der Waals surface area contributed by atoms with Crippen LogP contribution in [-0.2, 0) is 14.3 Å². The molecule has 340 valence electrons. The van der Waals surface area contributed by atoms with Gasteiger partial charge in [0.2, 0.25) is 0 Å². The minimum atomic E-state index is -0.317. The second-order valence-corrected chi connectivity index (χ2v) is 19.2. The van der Waals surface area contributed by atoms with Gasteiger partial charge in [-0.25, -0.2) is 0 Å². The summed E-state index contributed by atoms with van der Waals surface area (Å²) in [5.41, 5.74) is 0. The van der Waals surface area contributed by atoms with Gasteiger partial charge in [0.1, 0.15) is 0 Å². The summed E-state index contributed by atoms with van der Waals surface area (Å²) >= 11 is 0. The van der Waals surface area contributed by atoms with Gasteiger partial charge in [0.15, 0.2) is 0 Å². The number of carbonyl (C=O) groups excluding carboxylic acids is 2. The van der Waals surface area contributed by atoms with E-state index in [4.69, 9.17) is 4.74 Å². The molecule has 0 saturated heterocycles. The van der Waals surface area contributed by atoms with Crippen LogP contribution in [0.2, 0.25) is 0 Å². The highest BCUT2D eigenvalue weighted by atomic mass is 16.6. The summed E-state index contributed by atoms with van der Waals surface area (Å²) in [4.78, 5) is 24.2. The van der Waals surface area contributed by atoms with Crippen LogP contribution in [0, 0.1) is 11.8 Å². The summed E-state index contributed by atoms with van der Waals surface area (Å²) in [5.74, 6) is 1.21. The Balaban J connectivity index is 3.66. The van der Waals surface area contributed by atoms with Crippen LogP contribution in [0.25, 0.3) is 0 Å². The van der Waals surface area contributed by atoms with Gasteiger partial charge in [-0.05, 0) is 24.7 Å². The zero-order chi connectivity index (χ0) is 41.5. The van der Waals surface area contributed by atoms with Gasteiger partial charge >= 0.3 is 11.9 Å². The number of esters is 2. The van der Waals surface area contributed by atoms with Gasteiger partial charge in [-0.2, -0.15) is 0 Å². The maximum absolute atomic E-state index is 12.1. The highest BCUT2D eigenvalue weighted by molar-refractivity contribution is 5.85. The van der Waals surface area contributed by atoms with Crippen molar-refractivity contribution in [1.29, 1.82) is 0 Å². The molecule has 0 aromatic heterocycles. The Hall–Kier alpha value is -0.860. The van der Waals surface area contributed by atoms with Crippen LogP contribution in [0.15, 0.2) is 0 Å². The van der Waals surface area contributed by atoms with Gasteiger partial charge in [-0.3, -0.25) is 9.59 Å². The van der Waals surface area contributed by atoms with E-state index in [9.17, 15) is 9.59 Å². The molecule has 0 amide bonds. The Morgan fingerprint density at radius 2 is 0.509 bits per heavy atom. The highest BCUT2D eigenvalue weighted by Gasteiger charge is 2.11. The average Bonchev–Trinajstić information content (AvgIpc) is 3.19. The Kier molecular flexibility index (Phi) is 47.1. The number of unbranched alkanes of at least 4 members (excludes halogenated alkanes) is 36. The van der Waals surface area contributed by atoms with Crippen LogP contribution < -0.4 is 0 Å². The zero-order valence-corrected chi connectivity index (χ0v) is 39.9. The molecular formula is C54H106O3. The van der Waals surface area contributed by atoms with Crippen LogP contribution in [0.4, 0.5) is 0 Å². The molecule has 0 heterocycles. The quantitative estimate of drug-likeness (QED) is 0.0350. The van der Waals surface area contributed by atoms with Crippen LogP contribution in [0.5, 0.6) is 0 Å². The molecule has 0 aliphatic rings. The number of rotatable bonds is 48. The molecule has 0 radical (unpaired) electrons. The molecule has 0 rings (SSSR count). The van der Waals surface area contributed by atoms with Gasteiger partial charge in [-0.15, -0.1) is 0 Å². The van der Waals surface area contributed by atoms with Crippen LogP contribution in [-0.4, -0.2) is 11.9 Å². The lowest BCUT2D eigenvalue weighted by atomic mass is 9.89.